The standard InChI is InChI=1S/C13H20N6.HI/c1-10-9-11(10)17-12(14)18-5-7-19(8-6-18)13-15-3-2-4-16-13;/h2-4,10-11H,5-9H2,1H3,(H2,14,17);1H. The van der Waals surface area contributed by atoms with Crippen LogP contribution in [0, 0.1) is 5.92 Å². The molecule has 2 atom stereocenters. The van der Waals surface area contributed by atoms with Crippen molar-refractivity contribution in [2.75, 3.05) is 31.1 Å². The van der Waals surface area contributed by atoms with E-state index in [2.05, 4.69) is 31.7 Å². The molecule has 1 saturated heterocycles. The van der Waals surface area contributed by atoms with E-state index in [-0.39, 0.29) is 24.0 Å². The van der Waals surface area contributed by atoms with Crippen molar-refractivity contribution in [1.82, 2.24) is 14.9 Å². The number of rotatable bonds is 2. The van der Waals surface area contributed by atoms with Gasteiger partial charge in [0.2, 0.25) is 5.95 Å². The van der Waals surface area contributed by atoms with Gasteiger partial charge in [-0.2, -0.15) is 0 Å². The summed E-state index contributed by atoms with van der Waals surface area (Å²) in [4.78, 5) is 17.5. The lowest BCUT2D eigenvalue weighted by Crippen LogP contribution is -2.51. The first-order valence-corrected chi connectivity index (χ1v) is 6.84. The average Bonchev–Trinajstić information content (AvgIpc) is 3.15. The molecule has 1 aliphatic carbocycles. The van der Waals surface area contributed by atoms with Crippen molar-refractivity contribution in [2.24, 2.45) is 16.6 Å². The van der Waals surface area contributed by atoms with Gasteiger partial charge in [0, 0.05) is 38.6 Å². The second-order valence-electron chi connectivity index (χ2n) is 5.29. The SMILES string of the molecule is CC1CC1N=C(N)N1CCN(c2ncccn2)CC1.I. The van der Waals surface area contributed by atoms with Gasteiger partial charge < -0.3 is 15.5 Å². The Kier molecular flexibility index (Phi) is 5.00. The second-order valence-corrected chi connectivity index (χ2v) is 5.29. The topological polar surface area (TPSA) is 70.6 Å². The van der Waals surface area contributed by atoms with Crippen molar-refractivity contribution < 1.29 is 0 Å². The molecule has 2 aliphatic rings. The minimum Gasteiger partial charge on any atom is -0.370 e. The number of halogens is 1. The molecule has 0 amide bonds. The van der Waals surface area contributed by atoms with Crippen molar-refractivity contribution in [3.05, 3.63) is 18.5 Å². The van der Waals surface area contributed by atoms with Crippen LogP contribution in [0.4, 0.5) is 5.95 Å². The minimum absolute atomic E-state index is 0. The van der Waals surface area contributed by atoms with Crippen LogP contribution < -0.4 is 10.6 Å². The second kappa shape index (κ2) is 6.55. The van der Waals surface area contributed by atoms with Crippen LogP contribution in [0.3, 0.4) is 0 Å². The fraction of sp³-hybridized carbons (Fsp3) is 0.615. The van der Waals surface area contributed by atoms with Gasteiger partial charge in [-0.1, -0.05) is 6.92 Å². The van der Waals surface area contributed by atoms with Crippen LogP contribution in [-0.2, 0) is 0 Å². The summed E-state index contributed by atoms with van der Waals surface area (Å²) in [5.41, 5.74) is 6.06. The molecule has 6 nitrogen and oxygen atoms in total. The summed E-state index contributed by atoms with van der Waals surface area (Å²) >= 11 is 0. The Morgan fingerprint density at radius 1 is 1.25 bits per heavy atom. The first-order chi connectivity index (χ1) is 9.24. The van der Waals surface area contributed by atoms with E-state index in [1.165, 1.54) is 6.42 Å². The van der Waals surface area contributed by atoms with Crippen molar-refractivity contribution in [3.63, 3.8) is 0 Å². The number of nitrogens with zero attached hydrogens (tertiary/aromatic N) is 5. The van der Waals surface area contributed by atoms with E-state index in [9.17, 15) is 0 Å². The van der Waals surface area contributed by atoms with E-state index >= 15 is 0 Å². The van der Waals surface area contributed by atoms with E-state index in [0.29, 0.717) is 17.9 Å². The van der Waals surface area contributed by atoms with E-state index in [0.717, 1.165) is 32.1 Å². The summed E-state index contributed by atoms with van der Waals surface area (Å²) in [6.45, 7) is 5.76. The first-order valence-electron chi connectivity index (χ1n) is 6.84. The Labute approximate surface area is 136 Å². The van der Waals surface area contributed by atoms with Crippen LogP contribution in [0.15, 0.2) is 23.5 Å². The van der Waals surface area contributed by atoms with E-state index in [1.54, 1.807) is 12.4 Å². The highest BCUT2D eigenvalue weighted by atomic mass is 127. The fourth-order valence-electron chi connectivity index (χ4n) is 2.32. The van der Waals surface area contributed by atoms with Crippen molar-refractivity contribution in [3.8, 4) is 0 Å². The summed E-state index contributed by atoms with van der Waals surface area (Å²) in [5.74, 6) is 2.20. The normalized spacial score (nSPS) is 26.1. The van der Waals surface area contributed by atoms with Gasteiger partial charge >= 0.3 is 0 Å². The van der Waals surface area contributed by atoms with E-state index < -0.39 is 0 Å². The molecule has 1 aliphatic heterocycles. The highest BCUT2D eigenvalue weighted by Crippen LogP contribution is 2.32. The molecule has 7 heteroatoms. The molecule has 3 rings (SSSR count). The molecule has 2 unspecified atom stereocenters. The van der Waals surface area contributed by atoms with Gasteiger partial charge in [0.15, 0.2) is 5.96 Å². The summed E-state index contributed by atoms with van der Waals surface area (Å²) in [7, 11) is 0. The Bertz CT molecular complexity index is 457. The third-order valence-electron chi connectivity index (χ3n) is 3.80. The number of aromatic nitrogens is 2. The van der Waals surface area contributed by atoms with Gasteiger partial charge in [-0.3, -0.25) is 0 Å². The average molecular weight is 388 g/mol. The zero-order chi connectivity index (χ0) is 13.2. The van der Waals surface area contributed by atoms with E-state index in [1.807, 2.05) is 6.07 Å². The van der Waals surface area contributed by atoms with Gasteiger partial charge in [-0.15, -0.1) is 24.0 Å². The third kappa shape index (κ3) is 3.50. The van der Waals surface area contributed by atoms with Crippen LogP contribution in [0.1, 0.15) is 13.3 Å². The van der Waals surface area contributed by atoms with Crippen molar-refractivity contribution in [1.29, 1.82) is 0 Å². The maximum absolute atomic E-state index is 6.06. The molecule has 2 fully saturated rings. The van der Waals surface area contributed by atoms with Crippen molar-refractivity contribution >= 4 is 35.9 Å². The monoisotopic (exact) mass is 388 g/mol. The van der Waals surface area contributed by atoms with Gasteiger partial charge in [0.1, 0.15) is 0 Å². The molecule has 1 aromatic rings. The Hall–Kier alpha value is -1.12. The van der Waals surface area contributed by atoms with Gasteiger partial charge in [-0.25, -0.2) is 15.0 Å². The summed E-state index contributed by atoms with van der Waals surface area (Å²) < 4.78 is 0. The first kappa shape index (κ1) is 15.3. The number of anilines is 1. The lowest BCUT2D eigenvalue weighted by molar-refractivity contribution is 0.378. The number of guanidine groups is 1. The molecule has 0 aromatic carbocycles. The van der Waals surface area contributed by atoms with Crippen LogP contribution in [0.5, 0.6) is 0 Å². The largest absolute Gasteiger partial charge is 0.370 e. The van der Waals surface area contributed by atoms with Gasteiger partial charge in [-0.05, 0) is 18.4 Å². The highest BCUT2D eigenvalue weighted by Gasteiger charge is 2.33. The van der Waals surface area contributed by atoms with Crippen LogP contribution in [0.25, 0.3) is 0 Å². The number of hydrogen-bond donors (Lipinski definition) is 1. The molecule has 0 bridgehead atoms. The van der Waals surface area contributed by atoms with Gasteiger partial charge in [0.25, 0.3) is 0 Å². The highest BCUT2D eigenvalue weighted by molar-refractivity contribution is 14.0. The van der Waals surface area contributed by atoms with Crippen LogP contribution in [-0.4, -0.2) is 53.0 Å². The van der Waals surface area contributed by atoms with Gasteiger partial charge in [0.05, 0.1) is 6.04 Å². The summed E-state index contributed by atoms with van der Waals surface area (Å²) in [5, 5.41) is 0. The smallest absolute Gasteiger partial charge is 0.225 e. The predicted molar refractivity (Wildman–Crippen MR) is 90.4 cm³/mol. The minimum atomic E-state index is 0. The van der Waals surface area contributed by atoms with Crippen LogP contribution >= 0.6 is 24.0 Å². The van der Waals surface area contributed by atoms with E-state index in [4.69, 9.17) is 5.73 Å². The molecule has 0 radical (unpaired) electrons. The maximum Gasteiger partial charge on any atom is 0.225 e. The molecule has 1 aromatic heterocycles. The molecular formula is C13H21IN6. The van der Waals surface area contributed by atoms with Crippen molar-refractivity contribution in [2.45, 2.75) is 19.4 Å². The molecular weight excluding hydrogens is 367 g/mol. The fourth-order valence-corrected chi connectivity index (χ4v) is 2.32. The quantitative estimate of drug-likeness (QED) is 0.464. The Morgan fingerprint density at radius 2 is 1.85 bits per heavy atom. The number of piperazine rings is 1. The number of aliphatic imine (C=N–C) groups is 1. The predicted octanol–water partition coefficient (Wildman–Crippen LogP) is 0.940. The molecule has 20 heavy (non-hydrogen) atoms. The Balaban J connectivity index is 0.00000147. The molecule has 110 valence electrons. The molecule has 2 N–H and O–H groups in total. The third-order valence-corrected chi connectivity index (χ3v) is 3.80. The zero-order valence-electron chi connectivity index (χ0n) is 11.6. The molecule has 1 saturated carbocycles. The lowest BCUT2D eigenvalue weighted by Gasteiger charge is -2.35. The Morgan fingerprint density at radius 3 is 2.40 bits per heavy atom. The zero-order valence-corrected chi connectivity index (χ0v) is 14.0. The number of hydrogen-bond acceptors (Lipinski definition) is 4. The summed E-state index contributed by atoms with van der Waals surface area (Å²) in [6.07, 6.45) is 4.73. The molecule has 0 spiro atoms. The maximum atomic E-state index is 6.06. The lowest BCUT2D eigenvalue weighted by atomic mass is 10.3. The summed E-state index contributed by atoms with van der Waals surface area (Å²) in [6, 6.07) is 2.29. The molecule has 2 heterocycles. The van der Waals surface area contributed by atoms with Crippen LogP contribution in [0.2, 0.25) is 0 Å². The number of nitrogens with two attached hydrogens (primary N) is 1.